The van der Waals surface area contributed by atoms with Gasteiger partial charge >= 0.3 is 0 Å². The lowest BCUT2D eigenvalue weighted by Crippen LogP contribution is -2.15. The van der Waals surface area contributed by atoms with Crippen molar-refractivity contribution in [3.8, 4) is 11.5 Å². The molecule has 0 bridgehead atoms. The van der Waals surface area contributed by atoms with Crippen molar-refractivity contribution >= 4 is 44.6 Å². The molecule has 0 atom stereocenters. The molecule has 174 valence electrons. The summed E-state index contributed by atoms with van der Waals surface area (Å²) >= 11 is 1.20. The van der Waals surface area contributed by atoms with E-state index < -0.39 is 5.91 Å². The van der Waals surface area contributed by atoms with Crippen molar-refractivity contribution in [2.45, 2.75) is 13.8 Å². The zero-order valence-corrected chi connectivity index (χ0v) is 19.5. The van der Waals surface area contributed by atoms with Gasteiger partial charge in [0.05, 0.1) is 29.5 Å². The molecule has 4 aromatic rings. The van der Waals surface area contributed by atoms with Crippen LogP contribution in [0.3, 0.4) is 0 Å². The van der Waals surface area contributed by atoms with E-state index in [0.29, 0.717) is 56.6 Å². The summed E-state index contributed by atoms with van der Waals surface area (Å²) in [5.41, 5.74) is 1.30. The second kappa shape index (κ2) is 10.4. The zero-order chi connectivity index (χ0) is 24.1. The van der Waals surface area contributed by atoms with Crippen LogP contribution >= 0.6 is 11.3 Å². The Kier molecular flexibility index (Phi) is 7.08. The minimum atomic E-state index is -0.398. The summed E-state index contributed by atoms with van der Waals surface area (Å²) in [6.45, 7) is 4.34. The number of benzene rings is 3. The van der Waals surface area contributed by atoms with Gasteiger partial charge in [0.25, 0.3) is 11.8 Å². The van der Waals surface area contributed by atoms with E-state index in [9.17, 15) is 14.0 Å². The first kappa shape index (κ1) is 23.3. The molecule has 0 fully saturated rings. The maximum atomic E-state index is 14.1. The number of thiophene rings is 1. The minimum absolute atomic E-state index is 0.298. The van der Waals surface area contributed by atoms with E-state index in [1.807, 2.05) is 19.9 Å². The van der Waals surface area contributed by atoms with Crippen LogP contribution < -0.4 is 20.1 Å². The van der Waals surface area contributed by atoms with Crippen LogP contribution in [-0.4, -0.2) is 25.0 Å². The average molecular weight is 479 g/mol. The number of halogens is 1. The van der Waals surface area contributed by atoms with Gasteiger partial charge in [0.2, 0.25) is 0 Å². The van der Waals surface area contributed by atoms with Gasteiger partial charge in [-0.2, -0.15) is 0 Å². The third-order valence-corrected chi connectivity index (χ3v) is 6.04. The highest BCUT2D eigenvalue weighted by atomic mass is 32.1. The molecule has 2 N–H and O–H groups in total. The normalized spacial score (nSPS) is 10.7. The molecule has 6 nitrogen and oxygen atoms in total. The molecule has 0 saturated heterocycles. The largest absolute Gasteiger partial charge is 0.492 e. The molecule has 34 heavy (non-hydrogen) atoms. The summed E-state index contributed by atoms with van der Waals surface area (Å²) in [6.07, 6.45) is 0. The number of nitrogens with one attached hydrogen (secondary N) is 2. The van der Waals surface area contributed by atoms with Crippen LogP contribution in [0.5, 0.6) is 11.5 Å². The molecule has 0 aliphatic rings. The summed E-state index contributed by atoms with van der Waals surface area (Å²) in [4.78, 5) is 26.0. The molecule has 0 aliphatic carbocycles. The van der Waals surface area contributed by atoms with Gasteiger partial charge in [-0.25, -0.2) is 4.39 Å². The van der Waals surface area contributed by atoms with E-state index in [2.05, 4.69) is 10.6 Å². The van der Waals surface area contributed by atoms with E-state index >= 15 is 0 Å². The van der Waals surface area contributed by atoms with Crippen molar-refractivity contribution in [3.63, 3.8) is 0 Å². The first-order valence-corrected chi connectivity index (χ1v) is 11.6. The highest BCUT2D eigenvalue weighted by Gasteiger charge is 2.19. The second-order valence-electron chi connectivity index (χ2n) is 7.25. The highest BCUT2D eigenvalue weighted by Crippen LogP contribution is 2.38. The molecule has 0 aliphatic heterocycles. The van der Waals surface area contributed by atoms with E-state index in [0.717, 1.165) is 0 Å². The van der Waals surface area contributed by atoms with Gasteiger partial charge in [0.1, 0.15) is 17.3 Å². The summed E-state index contributed by atoms with van der Waals surface area (Å²) < 4.78 is 26.2. The Morgan fingerprint density at radius 1 is 0.824 bits per heavy atom. The zero-order valence-electron chi connectivity index (χ0n) is 18.7. The van der Waals surface area contributed by atoms with Crippen LogP contribution in [0.4, 0.5) is 15.8 Å². The summed E-state index contributed by atoms with van der Waals surface area (Å²) in [6, 6.07) is 18.3. The maximum absolute atomic E-state index is 14.1. The number of carbonyl (C=O) groups is 2. The van der Waals surface area contributed by atoms with Crippen molar-refractivity contribution in [1.29, 1.82) is 0 Å². The first-order chi connectivity index (χ1) is 16.5. The molecule has 0 spiro atoms. The average Bonchev–Trinajstić information content (AvgIpc) is 3.28. The van der Waals surface area contributed by atoms with Crippen molar-refractivity contribution in [2.24, 2.45) is 0 Å². The number of ether oxygens (including phenoxy) is 2. The summed E-state index contributed by atoms with van der Waals surface area (Å²) in [5, 5.41) is 6.08. The molecular weight excluding hydrogens is 455 g/mol. The predicted molar refractivity (Wildman–Crippen MR) is 133 cm³/mol. The first-order valence-electron chi connectivity index (χ1n) is 10.8. The second-order valence-corrected chi connectivity index (χ2v) is 8.33. The molecule has 8 heteroatoms. The molecule has 0 radical (unpaired) electrons. The standard InChI is InChI=1S/C26H23FN2O4S/c1-3-32-21-15-20(29-26(31)24-13-17-18(27)11-8-12-23(17)34-24)22(33-4-2)14-19(21)28-25(30)16-9-6-5-7-10-16/h5-15H,3-4H2,1-2H3,(H,28,30)(H,29,31). The number of anilines is 2. The van der Waals surface area contributed by atoms with Crippen molar-refractivity contribution in [3.05, 3.63) is 83.0 Å². The van der Waals surface area contributed by atoms with Crippen LogP contribution in [0.25, 0.3) is 10.1 Å². The smallest absolute Gasteiger partial charge is 0.265 e. The SMILES string of the molecule is CCOc1cc(NC(=O)c2cc3c(F)cccc3s2)c(OCC)cc1NC(=O)c1ccccc1. The Morgan fingerprint density at radius 2 is 1.44 bits per heavy atom. The van der Waals surface area contributed by atoms with Crippen molar-refractivity contribution in [1.82, 2.24) is 0 Å². The Labute approximate surface area is 200 Å². The fourth-order valence-corrected chi connectivity index (χ4v) is 4.38. The van der Waals surface area contributed by atoms with Gasteiger partial charge in [-0.1, -0.05) is 24.3 Å². The van der Waals surface area contributed by atoms with Crippen LogP contribution in [0.2, 0.25) is 0 Å². The van der Waals surface area contributed by atoms with Gasteiger partial charge in [-0.15, -0.1) is 11.3 Å². The van der Waals surface area contributed by atoms with Crippen LogP contribution in [0.1, 0.15) is 33.9 Å². The van der Waals surface area contributed by atoms with Crippen molar-refractivity contribution < 1.29 is 23.5 Å². The molecular formula is C26H23FN2O4S. The van der Waals surface area contributed by atoms with Gasteiger partial charge in [0.15, 0.2) is 0 Å². The van der Waals surface area contributed by atoms with Crippen LogP contribution in [0, 0.1) is 5.82 Å². The predicted octanol–water partition coefficient (Wildman–Crippen LogP) is 6.34. The van der Waals surface area contributed by atoms with Gasteiger partial charge < -0.3 is 20.1 Å². The lowest BCUT2D eigenvalue weighted by molar-refractivity contribution is 0.101. The number of fused-ring (bicyclic) bond motifs is 1. The molecule has 4 rings (SSSR count). The van der Waals surface area contributed by atoms with E-state index in [-0.39, 0.29) is 11.7 Å². The van der Waals surface area contributed by atoms with Crippen molar-refractivity contribution in [2.75, 3.05) is 23.8 Å². The third-order valence-electron chi connectivity index (χ3n) is 4.95. The lowest BCUT2D eigenvalue weighted by atomic mass is 10.2. The highest BCUT2D eigenvalue weighted by molar-refractivity contribution is 7.20. The van der Waals surface area contributed by atoms with Gasteiger partial charge in [-0.3, -0.25) is 9.59 Å². The number of hydrogen-bond donors (Lipinski definition) is 2. The molecule has 1 heterocycles. The fourth-order valence-electron chi connectivity index (χ4n) is 3.41. The van der Waals surface area contributed by atoms with E-state index in [1.165, 1.54) is 23.5 Å². The number of rotatable bonds is 8. The number of hydrogen-bond acceptors (Lipinski definition) is 5. The lowest BCUT2D eigenvalue weighted by Gasteiger charge is -2.17. The fraction of sp³-hybridized carbons (Fsp3) is 0.154. The Morgan fingerprint density at radius 3 is 2.03 bits per heavy atom. The monoisotopic (exact) mass is 478 g/mol. The summed E-state index contributed by atoms with van der Waals surface area (Å²) in [7, 11) is 0. The molecule has 2 amide bonds. The Hall–Kier alpha value is -3.91. The third kappa shape index (κ3) is 5.02. The Bertz CT molecular complexity index is 1340. The molecule has 3 aromatic carbocycles. The number of carbonyl (C=O) groups excluding carboxylic acids is 2. The maximum Gasteiger partial charge on any atom is 0.265 e. The van der Waals surface area contributed by atoms with Crippen LogP contribution in [0.15, 0.2) is 66.7 Å². The minimum Gasteiger partial charge on any atom is -0.492 e. The topological polar surface area (TPSA) is 76.7 Å². The molecule has 1 aromatic heterocycles. The van der Waals surface area contributed by atoms with Gasteiger partial charge in [-0.05, 0) is 44.2 Å². The van der Waals surface area contributed by atoms with Gasteiger partial charge in [0, 0.05) is 27.8 Å². The summed E-state index contributed by atoms with van der Waals surface area (Å²) in [5.74, 6) is -0.319. The molecule has 0 saturated carbocycles. The number of amides is 2. The Balaban J connectivity index is 1.65. The quantitative estimate of drug-likeness (QED) is 0.310. The molecule has 0 unspecified atom stereocenters. The van der Waals surface area contributed by atoms with E-state index in [1.54, 1.807) is 48.5 Å². The van der Waals surface area contributed by atoms with Crippen LogP contribution in [-0.2, 0) is 0 Å². The van der Waals surface area contributed by atoms with E-state index in [4.69, 9.17) is 9.47 Å².